The summed E-state index contributed by atoms with van der Waals surface area (Å²) in [5.74, 6) is 0. The van der Waals surface area contributed by atoms with Gasteiger partial charge >= 0.3 is 0 Å². The van der Waals surface area contributed by atoms with E-state index in [1.165, 1.54) is 0 Å². The van der Waals surface area contributed by atoms with Gasteiger partial charge in [-0.2, -0.15) is 0 Å². The second-order valence-corrected chi connectivity index (χ2v) is 4.06. The van der Waals surface area contributed by atoms with Crippen molar-refractivity contribution in [3.05, 3.63) is 46.8 Å². The average molecular weight is 232 g/mol. The van der Waals surface area contributed by atoms with Gasteiger partial charge in [-0.15, -0.1) is 0 Å². The van der Waals surface area contributed by atoms with Crippen molar-refractivity contribution in [1.29, 1.82) is 0 Å². The lowest BCUT2D eigenvalue weighted by Gasteiger charge is -2.15. The number of ether oxygens (including phenoxy) is 1. The maximum Gasteiger partial charge on any atom is 0.189 e. The van der Waals surface area contributed by atoms with E-state index in [0.29, 0.717) is 13.2 Å². The van der Waals surface area contributed by atoms with Crippen molar-refractivity contribution < 1.29 is 4.74 Å². The molecule has 4 heteroatoms. The minimum absolute atomic E-state index is 0.0390. The molecule has 1 heterocycles. The molecule has 0 amide bonds. The molecule has 17 heavy (non-hydrogen) atoms. The molecule has 1 aromatic carbocycles. The van der Waals surface area contributed by atoms with Crippen molar-refractivity contribution >= 4 is 10.9 Å². The van der Waals surface area contributed by atoms with Crippen LogP contribution in [0, 0.1) is 0 Å². The SMILES string of the molecule is COCC(N)Cn1ccc(=O)c2ccccc21. The standard InChI is InChI=1S/C13H16N2O2/c1-17-9-10(14)8-15-7-6-13(16)11-4-2-3-5-12(11)15/h2-7,10H,8-9,14H2,1H3. The number of aromatic nitrogens is 1. The minimum atomic E-state index is -0.0779. The van der Waals surface area contributed by atoms with E-state index < -0.39 is 0 Å². The number of pyridine rings is 1. The molecule has 0 saturated heterocycles. The average Bonchev–Trinajstić information content (AvgIpc) is 2.34. The van der Waals surface area contributed by atoms with Crippen LogP contribution in [0.15, 0.2) is 41.3 Å². The fourth-order valence-corrected chi connectivity index (χ4v) is 1.94. The molecule has 0 aliphatic carbocycles. The van der Waals surface area contributed by atoms with Crippen LogP contribution < -0.4 is 11.2 Å². The zero-order valence-electron chi connectivity index (χ0n) is 9.80. The summed E-state index contributed by atoms with van der Waals surface area (Å²) in [4.78, 5) is 11.7. The third-order valence-electron chi connectivity index (χ3n) is 2.70. The van der Waals surface area contributed by atoms with Gasteiger partial charge in [-0.3, -0.25) is 4.79 Å². The van der Waals surface area contributed by atoms with E-state index in [1.54, 1.807) is 19.4 Å². The van der Waals surface area contributed by atoms with Crippen molar-refractivity contribution in [2.45, 2.75) is 12.6 Å². The predicted molar refractivity (Wildman–Crippen MR) is 68.1 cm³/mol. The minimum Gasteiger partial charge on any atom is -0.383 e. The van der Waals surface area contributed by atoms with Crippen LogP contribution >= 0.6 is 0 Å². The van der Waals surface area contributed by atoms with Crippen LogP contribution in [0.5, 0.6) is 0 Å². The molecule has 0 saturated carbocycles. The monoisotopic (exact) mass is 232 g/mol. The summed E-state index contributed by atoms with van der Waals surface area (Å²) in [6.07, 6.45) is 1.78. The van der Waals surface area contributed by atoms with Gasteiger partial charge in [0.15, 0.2) is 5.43 Å². The van der Waals surface area contributed by atoms with Gasteiger partial charge < -0.3 is 15.0 Å². The molecule has 4 nitrogen and oxygen atoms in total. The van der Waals surface area contributed by atoms with E-state index in [-0.39, 0.29) is 11.5 Å². The van der Waals surface area contributed by atoms with Crippen LogP contribution in [0.2, 0.25) is 0 Å². The predicted octanol–water partition coefficient (Wildman–Crippen LogP) is 0.975. The van der Waals surface area contributed by atoms with Crippen molar-refractivity contribution in [3.63, 3.8) is 0 Å². The Bertz CT molecular complexity index is 563. The summed E-state index contributed by atoms with van der Waals surface area (Å²) >= 11 is 0. The Morgan fingerprint density at radius 2 is 2.12 bits per heavy atom. The lowest BCUT2D eigenvalue weighted by molar-refractivity contribution is 0.174. The fourth-order valence-electron chi connectivity index (χ4n) is 1.94. The number of nitrogens with zero attached hydrogens (tertiary/aromatic N) is 1. The van der Waals surface area contributed by atoms with Gasteiger partial charge in [-0.25, -0.2) is 0 Å². The number of hydrogen-bond acceptors (Lipinski definition) is 3. The first-order valence-corrected chi connectivity index (χ1v) is 5.55. The normalized spacial score (nSPS) is 12.8. The highest BCUT2D eigenvalue weighted by Gasteiger charge is 2.06. The number of nitrogens with two attached hydrogens (primary N) is 1. The van der Waals surface area contributed by atoms with Crippen LogP contribution in [0.3, 0.4) is 0 Å². The molecule has 90 valence electrons. The molecule has 0 bridgehead atoms. The maximum atomic E-state index is 11.7. The van der Waals surface area contributed by atoms with Crippen LogP contribution in [0.1, 0.15) is 0 Å². The Balaban J connectivity index is 2.41. The van der Waals surface area contributed by atoms with Crippen LogP contribution in [-0.2, 0) is 11.3 Å². The molecule has 1 unspecified atom stereocenters. The second-order valence-electron chi connectivity index (χ2n) is 4.06. The van der Waals surface area contributed by atoms with Gasteiger partial charge in [-0.1, -0.05) is 12.1 Å². The Labute approximate surface area is 99.6 Å². The van der Waals surface area contributed by atoms with Crippen molar-refractivity contribution in [3.8, 4) is 0 Å². The molecule has 0 spiro atoms. The van der Waals surface area contributed by atoms with Gasteiger partial charge in [0.1, 0.15) is 0 Å². The van der Waals surface area contributed by atoms with Gasteiger partial charge in [0, 0.05) is 37.3 Å². The molecule has 2 rings (SSSR count). The van der Waals surface area contributed by atoms with E-state index >= 15 is 0 Å². The highest BCUT2D eigenvalue weighted by molar-refractivity contribution is 5.78. The summed E-state index contributed by atoms with van der Waals surface area (Å²) < 4.78 is 7.00. The summed E-state index contributed by atoms with van der Waals surface area (Å²) in [5, 5.41) is 0.722. The van der Waals surface area contributed by atoms with Gasteiger partial charge in [-0.05, 0) is 12.1 Å². The topological polar surface area (TPSA) is 57.2 Å². The summed E-state index contributed by atoms with van der Waals surface area (Å²) in [6.45, 7) is 1.13. The van der Waals surface area contributed by atoms with E-state index in [2.05, 4.69) is 0 Å². The maximum absolute atomic E-state index is 11.7. The fraction of sp³-hybridized carbons (Fsp3) is 0.308. The molecule has 0 radical (unpaired) electrons. The van der Waals surface area contributed by atoms with E-state index in [0.717, 1.165) is 10.9 Å². The third kappa shape index (κ3) is 2.54. The van der Waals surface area contributed by atoms with Gasteiger partial charge in [0.05, 0.1) is 12.1 Å². The Hall–Kier alpha value is -1.65. The third-order valence-corrected chi connectivity index (χ3v) is 2.70. The smallest absolute Gasteiger partial charge is 0.189 e. The molecule has 1 aromatic heterocycles. The highest BCUT2D eigenvalue weighted by atomic mass is 16.5. The zero-order chi connectivity index (χ0) is 12.3. The van der Waals surface area contributed by atoms with Gasteiger partial charge in [0.25, 0.3) is 0 Å². The molecule has 1 atom stereocenters. The number of methoxy groups -OCH3 is 1. The summed E-state index contributed by atoms with van der Waals surface area (Å²) in [5.41, 5.74) is 6.87. The zero-order valence-corrected chi connectivity index (χ0v) is 9.80. The van der Waals surface area contributed by atoms with Crippen molar-refractivity contribution in [2.75, 3.05) is 13.7 Å². The van der Waals surface area contributed by atoms with E-state index in [4.69, 9.17) is 10.5 Å². The highest BCUT2D eigenvalue weighted by Crippen LogP contribution is 2.09. The lowest BCUT2D eigenvalue weighted by atomic mass is 10.2. The number of hydrogen-bond donors (Lipinski definition) is 1. The van der Waals surface area contributed by atoms with E-state index in [1.807, 2.05) is 28.8 Å². The Morgan fingerprint density at radius 1 is 1.35 bits per heavy atom. The molecule has 0 aliphatic rings. The van der Waals surface area contributed by atoms with Crippen molar-refractivity contribution in [1.82, 2.24) is 4.57 Å². The second kappa shape index (κ2) is 5.12. The first-order valence-electron chi connectivity index (χ1n) is 5.55. The molecular formula is C13H16N2O2. The quantitative estimate of drug-likeness (QED) is 0.854. The number of benzene rings is 1. The van der Waals surface area contributed by atoms with E-state index in [9.17, 15) is 4.79 Å². The molecule has 2 N–H and O–H groups in total. The van der Waals surface area contributed by atoms with Gasteiger partial charge in [0.2, 0.25) is 0 Å². The number of rotatable bonds is 4. The summed E-state index contributed by atoms with van der Waals surface area (Å²) in [7, 11) is 1.63. The lowest BCUT2D eigenvalue weighted by Crippen LogP contribution is -2.31. The molecule has 2 aromatic rings. The first kappa shape index (κ1) is 11.8. The molecule has 0 fully saturated rings. The number of fused-ring (bicyclic) bond motifs is 1. The number of para-hydroxylation sites is 1. The van der Waals surface area contributed by atoms with Crippen LogP contribution in [0.25, 0.3) is 10.9 Å². The van der Waals surface area contributed by atoms with Crippen LogP contribution in [0.4, 0.5) is 0 Å². The van der Waals surface area contributed by atoms with Crippen molar-refractivity contribution in [2.24, 2.45) is 5.73 Å². The largest absolute Gasteiger partial charge is 0.383 e. The molecular weight excluding hydrogens is 216 g/mol. The Morgan fingerprint density at radius 3 is 2.88 bits per heavy atom. The molecule has 0 aliphatic heterocycles. The Kier molecular flexibility index (Phi) is 3.56. The first-order chi connectivity index (χ1) is 8.22. The van der Waals surface area contributed by atoms with Crippen LogP contribution in [-0.4, -0.2) is 24.3 Å². The summed E-state index contributed by atoms with van der Waals surface area (Å²) in [6, 6.07) is 9.03.